The van der Waals surface area contributed by atoms with E-state index in [1.165, 1.54) is 11.1 Å². The van der Waals surface area contributed by atoms with Gasteiger partial charge in [0.1, 0.15) is 0 Å². The van der Waals surface area contributed by atoms with E-state index in [0.29, 0.717) is 6.54 Å². The predicted molar refractivity (Wildman–Crippen MR) is 93.1 cm³/mol. The summed E-state index contributed by atoms with van der Waals surface area (Å²) in [6.07, 6.45) is 2.50. The topological polar surface area (TPSA) is 54.0 Å². The third-order valence-electron chi connectivity index (χ3n) is 3.88. The number of rotatable bonds is 7. The van der Waals surface area contributed by atoms with Gasteiger partial charge in [0.15, 0.2) is 0 Å². The van der Waals surface area contributed by atoms with E-state index in [9.17, 15) is 4.79 Å². The lowest BCUT2D eigenvalue weighted by Gasteiger charge is -2.21. The summed E-state index contributed by atoms with van der Waals surface area (Å²) in [5, 5.41) is 6.18. The molecular weight excluding hydrogens is 286 g/mol. The van der Waals surface area contributed by atoms with Crippen LogP contribution in [0.15, 0.2) is 48.7 Å². The van der Waals surface area contributed by atoms with Crippen LogP contribution in [0.25, 0.3) is 0 Å². The lowest BCUT2D eigenvalue weighted by atomic mass is 10.0. The largest absolute Gasteiger partial charge is 0.347 e. The molecule has 0 radical (unpaired) electrons. The highest BCUT2D eigenvalue weighted by atomic mass is 16.1. The van der Waals surface area contributed by atoms with E-state index in [-0.39, 0.29) is 17.9 Å². The van der Waals surface area contributed by atoms with Crippen LogP contribution in [0.4, 0.5) is 0 Å². The Hall–Kier alpha value is -2.20. The van der Waals surface area contributed by atoms with Gasteiger partial charge in [-0.3, -0.25) is 9.78 Å². The second-order valence-corrected chi connectivity index (χ2v) is 5.96. The molecular formula is C19H25N3O. The molecule has 122 valence electrons. The first kappa shape index (κ1) is 17.2. The normalized spacial score (nSPS) is 13.3. The van der Waals surface area contributed by atoms with Crippen LogP contribution in [0.2, 0.25) is 0 Å². The van der Waals surface area contributed by atoms with Crippen LogP contribution in [0, 0.1) is 12.8 Å². The fourth-order valence-corrected chi connectivity index (χ4v) is 2.48. The fraction of sp³-hybridized carbons (Fsp3) is 0.368. The molecule has 4 heteroatoms. The minimum atomic E-state index is -0.120. The Kier molecular flexibility index (Phi) is 6.29. The molecule has 0 spiro atoms. The Morgan fingerprint density at radius 1 is 1.17 bits per heavy atom. The summed E-state index contributed by atoms with van der Waals surface area (Å²) in [6, 6.07) is 14.1. The number of amides is 1. The quantitative estimate of drug-likeness (QED) is 0.826. The molecule has 1 amide bonds. The summed E-state index contributed by atoms with van der Waals surface area (Å²) in [6.45, 7) is 4.65. The van der Waals surface area contributed by atoms with Crippen LogP contribution in [0.1, 0.15) is 29.8 Å². The molecule has 1 aromatic heterocycles. The minimum Gasteiger partial charge on any atom is -0.347 e. The molecule has 0 aliphatic heterocycles. The van der Waals surface area contributed by atoms with E-state index in [0.717, 1.165) is 12.1 Å². The number of aryl methyl sites for hydroxylation is 1. The Bertz CT molecular complexity index is 610. The number of aromatic nitrogens is 1. The zero-order valence-corrected chi connectivity index (χ0v) is 14.0. The van der Waals surface area contributed by atoms with Gasteiger partial charge in [-0.25, -0.2) is 0 Å². The molecule has 2 aromatic rings. The van der Waals surface area contributed by atoms with Crippen LogP contribution in [0.5, 0.6) is 0 Å². The molecule has 2 rings (SSSR count). The number of nitrogens with one attached hydrogen (secondary N) is 2. The van der Waals surface area contributed by atoms with Crippen molar-refractivity contribution in [3.05, 3.63) is 65.5 Å². The lowest BCUT2D eigenvalue weighted by Crippen LogP contribution is -2.37. The van der Waals surface area contributed by atoms with Crippen molar-refractivity contribution in [2.75, 3.05) is 13.6 Å². The third-order valence-corrected chi connectivity index (χ3v) is 3.88. The zero-order valence-electron chi connectivity index (χ0n) is 14.0. The molecule has 0 saturated carbocycles. The smallest absolute Gasteiger partial charge is 0.224 e. The van der Waals surface area contributed by atoms with Gasteiger partial charge in [-0.15, -0.1) is 0 Å². The number of hydrogen-bond acceptors (Lipinski definition) is 3. The van der Waals surface area contributed by atoms with E-state index >= 15 is 0 Å². The predicted octanol–water partition coefficient (Wildman–Crippen LogP) is 2.65. The molecule has 1 aromatic carbocycles. The van der Waals surface area contributed by atoms with Crippen molar-refractivity contribution in [1.82, 2.24) is 15.6 Å². The molecule has 2 unspecified atom stereocenters. The van der Waals surface area contributed by atoms with E-state index in [1.807, 2.05) is 32.2 Å². The van der Waals surface area contributed by atoms with Crippen molar-refractivity contribution in [2.24, 2.45) is 5.92 Å². The van der Waals surface area contributed by atoms with Gasteiger partial charge in [0, 0.05) is 18.7 Å². The number of benzene rings is 1. The average Bonchev–Trinajstić information content (AvgIpc) is 2.57. The fourth-order valence-electron chi connectivity index (χ4n) is 2.48. The Balaban J connectivity index is 2.15. The van der Waals surface area contributed by atoms with Gasteiger partial charge in [0.05, 0.1) is 11.7 Å². The first-order valence-electron chi connectivity index (χ1n) is 8.01. The maximum absolute atomic E-state index is 12.4. The maximum Gasteiger partial charge on any atom is 0.224 e. The first-order chi connectivity index (χ1) is 11.1. The van der Waals surface area contributed by atoms with Crippen molar-refractivity contribution >= 4 is 5.91 Å². The van der Waals surface area contributed by atoms with Crippen molar-refractivity contribution in [3.8, 4) is 0 Å². The summed E-state index contributed by atoms with van der Waals surface area (Å²) in [7, 11) is 1.85. The molecule has 0 saturated heterocycles. The first-order valence-corrected chi connectivity index (χ1v) is 8.01. The standard InChI is InChI=1S/C19H25N3O/c1-14-7-9-16(10-8-14)12-18(17-6-4-5-11-21-17)22-19(23)15(2)13-20-3/h4-11,15,18,20H,12-13H2,1-3H3,(H,22,23). The lowest BCUT2D eigenvalue weighted by molar-refractivity contribution is -0.125. The van der Waals surface area contributed by atoms with Crippen LogP contribution >= 0.6 is 0 Å². The molecule has 0 aliphatic carbocycles. The molecule has 1 heterocycles. The molecule has 0 bridgehead atoms. The van der Waals surface area contributed by atoms with E-state index in [4.69, 9.17) is 0 Å². The van der Waals surface area contributed by atoms with Crippen LogP contribution in [-0.4, -0.2) is 24.5 Å². The molecule has 0 aliphatic rings. The number of carbonyl (C=O) groups is 1. The van der Waals surface area contributed by atoms with E-state index < -0.39 is 0 Å². The SMILES string of the molecule is CNCC(C)C(=O)NC(Cc1ccc(C)cc1)c1ccccn1. The number of pyridine rings is 1. The average molecular weight is 311 g/mol. The van der Waals surface area contributed by atoms with Crippen molar-refractivity contribution in [2.45, 2.75) is 26.3 Å². The monoisotopic (exact) mass is 311 g/mol. The molecule has 23 heavy (non-hydrogen) atoms. The highest BCUT2D eigenvalue weighted by molar-refractivity contribution is 5.79. The second-order valence-electron chi connectivity index (χ2n) is 5.96. The van der Waals surface area contributed by atoms with Crippen LogP contribution in [-0.2, 0) is 11.2 Å². The van der Waals surface area contributed by atoms with Crippen molar-refractivity contribution < 1.29 is 4.79 Å². The highest BCUT2D eigenvalue weighted by Gasteiger charge is 2.19. The van der Waals surface area contributed by atoms with Gasteiger partial charge in [0.2, 0.25) is 5.91 Å². The minimum absolute atomic E-state index is 0.0436. The van der Waals surface area contributed by atoms with Crippen LogP contribution < -0.4 is 10.6 Å². The van der Waals surface area contributed by atoms with Gasteiger partial charge in [0.25, 0.3) is 0 Å². The Labute approximate surface area is 138 Å². The summed E-state index contributed by atoms with van der Waals surface area (Å²) < 4.78 is 0. The Morgan fingerprint density at radius 2 is 1.91 bits per heavy atom. The number of nitrogens with zero attached hydrogens (tertiary/aromatic N) is 1. The van der Waals surface area contributed by atoms with E-state index in [1.54, 1.807) is 6.20 Å². The Morgan fingerprint density at radius 3 is 2.52 bits per heavy atom. The second kappa shape index (κ2) is 8.44. The molecule has 4 nitrogen and oxygen atoms in total. The zero-order chi connectivity index (χ0) is 16.7. The van der Waals surface area contributed by atoms with Gasteiger partial charge in [-0.05, 0) is 38.1 Å². The molecule has 2 N–H and O–H groups in total. The maximum atomic E-state index is 12.4. The van der Waals surface area contributed by atoms with Gasteiger partial charge >= 0.3 is 0 Å². The third kappa shape index (κ3) is 5.18. The van der Waals surface area contributed by atoms with Crippen molar-refractivity contribution in [1.29, 1.82) is 0 Å². The summed E-state index contributed by atoms with van der Waals surface area (Å²) in [5.74, 6) is -0.0358. The number of carbonyl (C=O) groups excluding carboxylic acids is 1. The summed E-state index contributed by atoms with van der Waals surface area (Å²) in [4.78, 5) is 16.8. The van der Waals surface area contributed by atoms with Crippen molar-refractivity contribution in [3.63, 3.8) is 0 Å². The van der Waals surface area contributed by atoms with E-state index in [2.05, 4.69) is 46.8 Å². The summed E-state index contributed by atoms with van der Waals surface area (Å²) >= 11 is 0. The van der Waals surface area contributed by atoms with Gasteiger partial charge in [-0.2, -0.15) is 0 Å². The van der Waals surface area contributed by atoms with Gasteiger partial charge < -0.3 is 10.6 Å². The summed E-state index contributed by atoms with van der Waals surface area (Å²) in [5.41, 5.74) is 3.31. The highest BCUT2D eigenvalue weighted by Crippen LogP contribution is 2.17. The number of hydrogen-bond donors (Lipinski definition) is 2. The molecule has 0 fully saturated rings. The van der Waals surface area contributed by atoms with Crippen LogP contribution in [0.3, 0.4) is 0 Å². The van der Waals surface area contributed by atoms with Gasteiger partial charge in [-0.1, -0.05) is 42.8 Å². The molecule has 2 atom stereocenters.